The number of nitrogens with one attached hydrogen (secondary N) is 2. The topological polar surface area (TPSA) is 49.9 Å². The van der Waals surface area contributed by atoms with Crippen LogP contribution < -0.4 is 10.1 Å². The molecule has 1 aromatic carbocycles. The van der Waals surface area contributed by atoms with Gasteiger partial charge in [-0.05, 0) is 43.3 Å². The lowest BCUT2D eigenvalue weighted by atomic mass is 10.1. The lowest BCUT2D eigenvalue weighted by Crippen LogP contribution is -2.11. The first-order valence-electron chi connectivity index (χ1n) is 8.81. The number of aromatic amines is 1. The van der Waals surface area contributed by atoms with Crippen molar-refractivity contribution < 1.29 is 4.74 Å². The van der Waals surface area contributed by atoms with Crippen LogP contribution in [0.2, 0.25) is 0 Å². The highest BCUT2D eigenvalue weighted by Gasteiger charge is 2.04. The fraction of sp³-hybridized carbons (Fsp3) is 0.526. The zero-order chi connectivity index (χ0) is 16.3. The zero-order valence-corrected chi connectivity index (χ0v) is 14.4. The molecular weight excluding hydrogens is 286 g/mol. The minimum Gasteiger partial charge on any atom is -0.494 e. The van der Waals surface area contributed by atoms with Gasteiger partial charge in [-0.15, -0.1) is 0 Å². The van der Waals surface area contributed by atoms with Crippen molar-refractivity contribution in [3.05, 3.63) is 36.0 Å². The van der Waals surface area contributed by atoms with Crippen LogP contribution in [0.25, 0.3) is 11.3 Å². The monoisotopic (exact) mass is 315 g/mol. The highest BCUT2D eigenvalue weighted by Crippen LogP contribution is 2.21. The van der Waals surface area contributed by atoms with Gasteiger partial charge >= 0.3 is 0 Å². The summed E-state index contributed by atoms with van der Waals surface area (Å²) in [5.41, 5.74) is 3.19. The first kappa shape index (κ1) is 17.5. The Morgan fingerprint density at radius 3 is 2.57 bits per heavy atom. The fourth-order valence-electron chi connectivity index (χ4n) is 2.48. The molecule has 0 amide bonds. The maximum atomic E-state index is 5.80. The van der Waals surface area contributed by atoms with Gasteiger partial charge in [0.15, 0.2) is 0 Å². The van der Waals surface area contributed by atoms with Crippen LogP contribution in [0.15, 0.2) is 30.3 Å². The third kappa shape index (κ3) is 6.06. The Bertz CT molecular complexity index is 548. The van der Waals surface area contributed by atoms with Crippen LogP contribution in [0.4, 0.5) is 0 Å². The molecule has 0 atom stereocenters. The SMILES string of the molecule is CCCCCCCOc1ccc(-c2cc(CNCC)[nH]n2)cc1. The van der Waals surface area contributed by atoms with Crippen LogP contribution >= 0.6 is 0 Å². The van der Waals surface area contributed by atoms with Crippen molar-refractivity contribution in [1.82, 2.24) is 15.5 Å². The molecule has 1 heterocycles. The summed E-state index contributed by atoms with van der Waals surface area (Å²) in [6, 6.07) is 10.3. The van der Waals surface area contributed by atoms with Crippen molar-refractivity contribution in [3.63, 3.8) is 0 Å². The fourth-order valence-corrected chi connectivity index (χ4v) is 2.48. The maximum absolute atomic E-state index is 5.80. The van der Waals surface area contributed by atoms with Crippen molar-refractivity contribution in [3.8, 4) is 17.0 Å². The van der Waals surface area contributed by atoms with Crippen LogP contribution in [-0.4, -0.2) is 23.3 Å². The summed E-state index contributed by atoms with van der Waals surface area (Å²) >= 11 is 0. The standard InChI is InChI=1S/C19H29N3O/c1-3-5-6-7-8-13-23-18-11-9-16(10-12-18)19-14-17(21-22-19)15-20-4-2/h9-12,14,20H,3-8,13,15H2,1-2H3,(H,21,22). The van der Waals surface area contributed by atoms with Crippen LogP contribution in [0.1, 0.15) is 51.6 Å². The van der Waals surface area contributed by atoms with Crippen molar-refractivity contribution in [1.29, 1.82) is 0 Å². The quantitative estimate of drug-likeness (QED) is 0.599. The predicted molar refractivity (Wildman–Crippen MR) is 95.7 cm³/mol. The molecule has 0 bridgehead atoms. The number of hydrogen-bond acceptors (Lipinski definition) is 3. The maximum Gasteiger partial charge on any atom is 0.119 e. The molecule has 2 aromatic rings. The van der Waals surface area contributed by atoms with Gasteiger partial charge in [0.25, 0.3) is 0 Å². The van der Waals surface area contributed by atoms with Gasteiger partial charge in [0, 0.05) is 17.8 Å². The lowest BCUT2D eigenvalue weighted by molar-refractivity contribution is 0.304. The van der Waals surface area contributed by atoms with E-state index in [0.29, 0.717) is 0 Å². The summed E-state index contributed by atoms with van der Waals surface area (Å²) < 4.78 is 5.80. The van der Waals surface area contributed by atoms with E-state index < -0.39 is 0 Å². The number of benzene rings is 1. The molecule has 0 saturated heterocycles. The third-order valence-corrected chi connectivity index (χ3v) is 3.86. The van der Waals surface area contributed by atoms with Gasteiger partial charge in [-0.3, -0.25) is 5.10 Å². The van der Waals surface area contributed by atoms with E-state index in [1.807, 2.05) is 12.1 Å². The van der Waals surface area contributed by atoms with E-state index in [2.05, 4.69) is 47.6 Å². The molecule has 0 fully saturated rings. The highest BCUT2D eigenvalue weighted by molar-refractivity contribution is 5.60. The third-order valence-electron chi connectivity index (χ3n) is 3.86. The second-order valence-corrected chi connectivity index (χ2v) is 5.85. The Hall–Kier alpha value is -1.81. The van der Waals surface area contributed by atoms with Gasteiger partial charge in [0.2, 0.25) is 0 Å². The number of H-pyrrole nitrogens is 1. The second kappa shape index (κ2) is 10.1. The first-order valence-corrected chi connectivity index (χ1v) is 8.81. The molecule has 0 saturated carbocycles. The van der Waals surface area contributed by atoms with Gasteiger partial charge in [-0.25, -0.2) is 0 Å². The Balaban J connectivity index is 1.78. The minimum atomic E-state index is 0.804. The van der Waals surface area contributed by atoms with Gasteiger partial charge < -0.3 is 10.1 Å². The van der Waals surface area contributed by atoms with Crippen LogP contribution in [-0.2, 0) is 6.54 Å². The molecule has 0 aliphatic rings. The van der Waals surface area contributed by atoms with E-state index in [1.54, 1.807) is 0 Å². The van der Waals surface area contributed by atoms with E-state index in [9.17, 15) is 0 Å². The zero-order valence-electron chi connectivity index (χ0n) is 14.4. The average Bonchev–Trinajstić information content (AvgIpc) is 3.05. The molecule has 0 radical (unpaired) electrons. The molecule has 4 heteroatoms. The van der Waals surface area contributed by atoms with E-state index in [4.69, 9.17) is 4.74 Å². The Labute approximate surface area is 139 Å². The van der Waals surface area contributed by atoms with Gasteiger partial charge in [0.05, 0.1) is 12.3 Å². The van der Waals surface area contributed by atoms with Crippen LogP contribution in [0.3, 0.4) is 0 Å². The number of nitrogens with zero attached hydrogens (tertiary/aromatic N) is 1. The molecule has 0 aliphatic heterocycles. The van der Waals surface area contributed by atoms with Crippen molar-refractivity contribution >= 4 is 0 Å². The summed E-state index contributed by atoms with van der Waals surface area (Å²) in [6.07, 6.45) is 6.32. The van der Waals surface area contributed by atoms with E-state index in [0.717, 1.165) is 48.8 Å². The largest absolute Gasteiger partial charge is 0.494 e. The lowest BCUT2D eigenvalue weighted by Gasteiger charge is -2.06. The molecule has 126 valence electrons. The smallest absolute Gasteiger partial charge is 0.119 e. The average molecular weight is 315 g/mol. The van der Waals surface area contributed by atoms with E-state index >= 15 is 0 Å². The number of unbranched alkanes of at least 4 members (excludes halogenated alkanes) is 4. The molecule has 4 nitrogen and oxygen atoms in total. The Kier molecular flexibility index (Phi) is 7.67. The van der Waals surface area contributed by atoms with Crippen LogP contribution in [0.5, 0.6) is 5.75 Å². The second-order valence-electron chi connectivity index (χ2n) is 5.85. The predicted octanol–water partition coefficient (Wildman–Crippen LogP) is 4.54. The Morgan fingerprint density at radius 1 is 1.04 bits per heavy atom. The summed E-state index contributed by atoms with van der Waals surface area (Å²) in [5, 5.41) is 10.7. The minimum absolute atomic E-state index is 0.804. The molecule has 0 unspecified atom stereocenters. The van der Waals surface area contributed by atoms with Crippen molar-refractivity contribution in [2.24, 2.45) is 0 Å². The van der Waals surface area contributed by atoms with Crippen molar-refractivity contribution in [2.45, 2.75) is 52.5 Å². The number of hydrogen-bond donors (Lipinski definition) is 2. The summed E-state index contributed by atoms with van der Waals surface area (Å²) in [7, 11) is 0. The molecule has 1 aromatic heterocycles. The number of aromatic nitrogens is 2. The van der Waals surface area contributed by atoms with E-state index in [-0.39, 0.29) is 0 Å². The molecule has 0 spiro atoms. The van der Waals surface area contributed by atoms with Gasteiger partial charge in [-0.1, -0.05) is 39.5 Å². The van der Waals surface area contributed by atoms with Gasteiger partial charge in [0.1, 0.15) is 5.75 Å². The molecule has 2 N–H and O–H groups in total. The number of rotatable bonds is 11. The normalized spacial score (nSPS) is 10.9. The molecule has 0 aliphatic carbocycles. The Morgan fingerprint density at radius 2 is 1.83 bits per heavy atom. The summed E-state index contributed by atoms with van der Waals surface area (Å²) in [4.78, 5) is 0. The molecule has 23 heavy (non-hydrogen) atoms. The molecule has 2 rings (SSSR count). The van der Waals surface area contributed by atoms with Gasteiger partial charge in [-0.2, -0.15) is 5.10 Å². The molecular formula is C19H29N3O. The summed E-state index contributed by atoms with van der Waals surface area (Å²) in [6.45, 7) is 6.92. The van der Waals surface area contributed by atoms with Crippen molar-refractivity contribution in [2.75, 3.05) is 13.2 Å². The van der Waals surface area contributed by atoms with E-state index in [1.165, 1.54) is 25.7 Å². The van der Waals surface area contributed by atoms with Crippen LogP contribution in [0, 0.1) is 0 Å². The first-order chi connectivity index (χ1) is 11.3. The number of ether oxygens (including phenoxy) is 1. The highest BCUT2D eigenvalue weighted by atomic mass is 16.5. The summed E-state index contributed by atoms with van der Waals surface area (Å²) in [5.74, 6) is 0.938.